The van der Waals surface area contributed by atoms with Gasteiger partial charge in [0.25, 0.3) is 5.69 Å². The number of hydrogen-bond acceptors (Lipinski definition) is 6. The van der Waals surface area contributed by atoms with Crippen molar-refractivity contribution in [3.05, 3.63) is 58.4 Å². The fraction of sp³-hybridized carbons (Fsp3) is 0.417. The third kappa shape index (κ3) is 3.71. The van der Waals surface area contributed by atoms with Gasteiger partial charge in [0.2, 0.25) is 11.8 Å². The highest BCUT2D eigenvalue weighted by molar-refractivity contribution is 6.22. The number of anilines is 3. The van der Waals surface area contributed by atoms with Crippen molar-refractivity contribution in [2.45, 2.75) is 25.7 Å². The van der Waals surface area contributed by atoms with Crippen LogP contribution in [-0.4, -0.2) is 42.9 Å². The van der Waals surface area contributed by atoms with E-state index in [2.05, 4.69) is 0 Å². The highest BCUT2D eigenvalue weighted by atomic mass is 19.1. The van der Waals surface area contributed by atoms with Crippen LogP contribution in [0.1, 0.15) is 25.7 Å². The first-order valence-electron chi connectivity index (χ1n) is 11.4. The van der Waals surface area contributed by atoms with Crippen LogP contribution in [0, 0.1) is 27.8 Å². The number of benzene rings is 2. The van der Waals surface area contributed by atoms with Crippen molar-refractivity contribution < 1.29 is 18.9 Å². The van der Waals surface area contributed by atoms with Crippen molar-refractivity contribution in [1.29, 1.82) is 0 Å². The second-order valence-electron chi connectivity index (χ2n) is 8.86. The lowest BCUT2D eigenvalue weighted by molar-refractivity contribution is -0.384. The molecule has 0 radical (unpaired) electrons. The molecular weight excluding hydrogens is 427 g/mol. The number of nitro groups is 1. The fourth-order valence-electron chi connectivity index (χ4n) is 5.38. The van der Waals surface area contributed by atoms with E-state index in [-0.39, 0.29) is 40.8 Å². The number of nitro benzene ring substituents is 1. The van der Waals surface area contributed by atoms with Gasteiger partial charge in [-0.15, -0.1) is 0 Å². The molecule has 3 fully saturated rings. The number of hydrogen-bond donors (Lipinski definition) is 0. The first-order chi connectivity index (χ1) is 16.0. The predicted molar refractivity (Wildman–Crippen MR) is 122 cm³/mol. The number of carbonyl (C=O) groups excluding carboxylic acids is 2. The van der Waals surface area contributed by atoms with Crippen molar-refractivity contribution in [3.63, 3.8) is 0 Å². The maximum atomic E-state index is 14.1. The number of nitrogens with zero attached hydrogens (tertiary/aromatic N) is 4. The first kappa shape index (κ1) is 21.4. The molecule has 33 heavy (non-hydrogen) atoms. The lowest BCUT2D eigenvalue weighted by atomic mass is 9.81. The van der Waals surface area contributed by atoms with E-state index in [0.29, 0.717) is 50.4 Å². The van der Waals surface area contributed by atoms with E-state index < -0.39 is 4.92 Å². The topological polar surface area (TPSA) is 87.0 Å². The molecule has 2 heterocycles. The number of piperazine rings is 1. The summed E-state index contributed by atoms with van der Waals surface area (Å²) in [6, 6.07) is 11.2. The minimum Gasteiger partial charge on any atom is -0.366 e. The maximum absolute atomic E-state index is 14.1. The lowest BCUT2D eigenvalue weighted by Gasteiger charge is -2.37. The maximum Gasteiger partial charge on any atom is 0.294 e. The van der Waals surface area contributed by atoms with Crippen molar-refractivity contribution in [1.82, 2.24) is 0 Å². The summed E-state index contributed by atoms with van der Waals surface area (Å²) >= 11 is 0. The van der Waals surface area contributed by atoms with Crippen LogP contribution in [-0.2, 0) is 9.59 Å². The molecule has 5 rings (SSSR count). The van der Waals surface area contributed by atoms with Gasteiger partial charge in [0, 0.05) is 32.2 Å². The molecule has 8 nitrogen and oxygen atoms in total. The second-order valence-corrected chi connectivity index (χ2v) is 8.86. The molecular formula is C24H25FN4O4. The Labute approximate surface area is 190 Å². The van der Waals surface area contributed by atoms with Crippen LogP contribution in [0.2, 0.25) is 0 Å². The van der Waals surface area contributed by atoms with Crippen molar-refractivity contribution in [2.75, 3.05) is 40.9 Å². The van der Waals surface area contributed by atoms with Crippen LogP contribution in [0.5, 0.6) is 0 Å². The Balaban J connectivity index is 1.38. The van der Waals surface area contributed by atoms with Crippen LogP contribution >= 0.6 is 0 Å². The van der Waals surface area contributed by atoms with Gasteiger partial charge in [-0.25, -0.2) is 9.29 Å². The molecule has 2 aromatic carbocycles. The predicted octanol–water partition coefficient (Wildman–Crippen LogP) is 3.74. The molecule has 2 aromatic rings. The highest BCUT2D eigenvalue weighted by Gasteiger charge is 2.49. The van der Waals surface area contributed by atoms with Gasteiger partial charge in [0.05, 0.1) is 28.1 Å². The Morgan fingerprint density at radius 3 is 2.00 bits per heavy atom. The van der Waals surface area contributed by atoms with E-state index in [9.17, 15) is 24.1 Å². The van der Waals surface area contributed by atoms with E-state index >= 15 is 0 Å². The zero-order chi connectivity index (χ0) is 23.1. The molecule has 1 saturated carbocycles. The Morgan fingerprint density at radius 1 is 0.848 bits per heavy atom. The van der Waals surface area contributed by atoms with Gasteiger partial charge in [0.1, 0.15) is 11.5 Å². The summed E-state index contributed by atoms with van der Waals surface area (Å²) in [6.45, 7) is 2.01. The van der Waals surface area contributed by atoms with E-state index in [1.807, 2.05) is 9.80 Å². The molecule has 2 unspecified atom stereocenters. The van der Waals surface area contributed by atoms with Gasteiger partial charge in [-0.3, -0.25) is 19.7 Å². The summed E-state index contributed by atoms with van der Waals surface area (Å²) in [5.74, 6) is -1.40. The lowest BCUT2D eigenvalue weighted by Crippen LogP contribution is -2.47. The average Bonchev–Trinajstić information content (AvgIpc) is 3.09. The molecule has 9 heteroatoms. The molecule has 0 aromatic heterocycles. The molecule has 2 atom stereocenters. The van der Waals surface area contributed by atoms with Crippen LogP contribution in [0.15, 0.2) is 42.5 Å². The van der Waals surface area contributed by atoms with E-state index in [1.54, 1.807) is 30.3 Å². The number of imide groups is 1. The van der Waals surface area contributed by atoms with Crippen molar-refractivity contribution >= 4 is 34.6 Å². The molecule has 2 saturated heterocycles. The minimum absolute atomic E-state index is 0.137. The number of halogens is 1. The van der Waals surface area contributed by atoms with E-state index in [0.717, 1.165) is 17.7 Å². The van der Waals surface area contributed by atoms with Gasteiger partial charge >= 0.3 is 0 Å². The quantitative estimate of drug-likeness (QED) is 0.399. The van der Waals surface area contributed by atoms with E-state index in [1.165, 1.54) is 12.1 Å². The Hall–Kier alpha value is -3.49. The van der Waals surface area contributed by atoms with Gasteiger partial charge in [-0.1, -0.05) is 25.0 Å². The van der Waals surface area contributed by atoms with Gasteiger partial charge in [0.15, 0.2) is 0 Å². The fourth-order valence-corrected chi connectivity index (χ4v) is 5.38. The largest absolute Gasteiger partial charge is 0.366 e. The third-order valence-corrected chi connectivity index (χ3v) is 7.07. The zero-order valence-corrected chi connectivity index (χ0v) is 18.2. The summed E-state index contributed by atoms with van der Waals surface area (Å²) in [6.07, 6.45) is 3.23. The van der Waals surface area contributed by atoms with E-state index in [4.69, 9.17) is 0 Å². The SMILES string of the molecule is O=C1C2CCCCC2C(=O)N1c1ccc(N2CCN(c3ccccc3F)CC2)c([N+](=O)[O-])c1. The van der Waals surface area contributed by atoms with Gasteiger partial charge < -0.3 is 9.80 Å². The summed E-state index contributed by atoms with van der Waals surface area (Å²) < 4.78 is 14.1. The molecule has 172 valence electrons. The van der Waals surface area contributed by atoms with Crippen molar-refractivity contribution in [3.8, 4) is 0 Å². The summed E-state index contributed by atoms with van der Waals surface area (Å²) in [4.78, 5) is 42.2. The molecule has 0 N–H and O–H groups in total. The first-order valence-corrected chi connectivity index (χ1v) is 11.4. The Kier molecular flexibility index (Phi) is 5.47. The molecule has 0 bridgehead atoms. The monoisotopic (exact) mass is 452 g/mol. The summed E-state index contributed by atoms with van der Waals surface area (Å²) in [7, 11) is 0. The molecule has 2 aliphatic heterocycles. The Morgan fingerprint density at radius 2 is 1.42 bits per heavy atom. The summed E-state index contributed by atoms with van der Waals surface area (Å²) in [5.41, 5.74) is 1.09. The number of rotatable bonds is 4. The third-order valence-electron chi connectivity index (χ3n) is 7.07. The normalized spacial score (nSPS) is 23.1. The number of fused-ring (bicyclic) bond motifs is 1. The molecule has 1 aliphatic carbocycles. The highest BCUT2D eigenvalue weighted by Crippen LogP contribution is 2.42. The average molecular weight is 452 g/mol. The summed E-state index contributed by atoms with van der Waals surface area (Å²) in [5, 5.41) is 11.9. The zero-order valence-electron chi connectivity index (χ0n) is 18.2. The molecule has 0 spiro atoms. The number of amides is 2. The molecule has 3 aliphatic rings. The Bertz CT molecular complexity index is 1090. The standard InChI is InChI=1S/C24H25FN4O4/c25-19-7-3-4-8-20(19)26-11-13-27(14-12-26)21-10-9-16(15-22(21)29(32)33)28-23(30)17-5-1-2-6-18(17)24(28)31/h3-4,7-10,15,17-18H,1-2,5-6,11-14H2. The van der Waals surface area contributed by atoms with Gasteiger partial charge in [-0.2, -0.15) is 0 Å². The minimum atomic E-state index is -0.472. The van der Waals surface area contributed by atoms with Gasteiger partial charge in [-0.05, 0) is 37.1 Å². The second kappa shape index (κ2) is 8.46. The van der Waals surface area contributed by atoms with Crippen LogP contribution in [0.4, 0.5) is 27.1 Å². The van der Waals surface area contributed by atoms with Crippen LogP contribution in [0.25, 0.3) is 0 Å². The molecule has 2 amide bonds. The number of carbonyl (C=O) groups is 2. The van der Waals surface area contributed by atoms with Crippen molar-refractivity contribution in [2.24, 2.45) is 11.8 Å². The van der Waals surface area contributed by atoms with Crippen LogP contribution in [0.3, 0.4) is 0 Å². The smallest absolute Gasteiger partial charge is 0.294 e. The number of para-hydroxylation sites is 1. The van der Waals surface area contributed by atoms with Crippen LogP contribution < -0.4 is 14.7 Å².